The Bertz CT molecular complexity index is 876. The average Bonchev–Trinajstić information content (AvgIpc) is 2.84. The van der Waals surface area contributed by atoms with Crippen molar-refractivity contribution in [2.75, 3.05) is 39.9 Å². The molecule has 25 heavy (non-hydrogen) atoms. The van der Waals surface area contributed by atoms with Gasteiger partial charge in [-0.15, -0.1) is 0 Å². The van der Waals surface area contributed by atoms with Crippen LogP contribution in [0.25, 0.3) is 10.9 Å². The number of H-pyrrole nitrogens is 1. The molecule has 132 valence electrons. The topological polar surface area (TPSA) is 65.6 Å². The molecule has 6 nitrogen and oxygen atoms in total. The van der Waals surface area contributed by atoms with Crippen molar-refractivity contribution in [3.05, 3.63) is 45.7 Å². The van der Waals surface area contributed by atoms with Crippen molar-refractivity contribution in [3.63, 3.8) is 0 Å². The predicted molar refractivity (Wildman–Crippen MR) is 95.9 cm³/mol. The van der Waals surface area contributed by atoms with E-state index in [0.717, 1.165) is 24.0 Å². The highest BCUT2D eigenvalue weighted by Gasteiger charge is 2.35. The fourth-order valence-electron chi connectivity index (χ4n) is 4.03. The second kappa shape index (κ2) is 6.28. The van der Waals surface area contributed by atoms with Gasteiger partial charge in [0.1, 0.15) is 0 Å². The number of aryl methyl sites for hydroxylation is 1. The van der Waals surface area contributed by atoms with Crippen LogP contribution in [-0.2, 0) is 4.74 Å². The summed E-state index contributed by atoms with van der Waals surface area (Å²) in [7, 11) is 2.09. The number of ether oxygens (including phenoxy) is 1. The maximum absolute atomic E-state index is 13.4. The van der Waals surface area contributed by atoms with Crippen LogP contribution in [-0.4, -0.2) is 66.6 Å². The Hall–Kier alpha value is -2.18. The third-order valence-corrected chi connectivity index (χ3v) is 5.14. The number of nitrogens with zero attached hydrogens (tertiary/aromatic N) is 2. The minimum atomic E-state index is -0.245. The fraction of sp³-hybridized carbons (Fsp3) is 0.474. The fourth-order valence-corrected chi connectivity index (χ4v) is 4.03. The number of benzene rings is 1. The summed E-state index contributed by atoms with van der Waals surface area (Å²) < 4.78 is 5.77. The number of fused-ring (bicyclic) bond motifs is 4. The third-order valence-electron chi connectivity index (χ3n) is 5.14. The van der Waals surface area contributed by atoms with Gasteiger partial charge in [0.25, 0.3) is 5.91 Å². The predicted octanol–water partition coefficient (Wildman–Crippen LogP) is 1.24. The van der Waals surface area contributed by atoms with Gasteiger partial charge in [-0.25, -0.2) is 0 Å². The van der Waals surface area contributed by atoms with E-state index < -0.39 is 0 Å². The van der Waals surface area contributed by atoms with Crippen molar-refractivity contribution >= 4 is 16.8 Å². The minimum Gasteiger partial charge on any atom is -0.379 e. The SMILES string of the molecule is Cc1ccc2[nH]c(=O)cc(C(=O)N3C[C@H]4COC[C@@H]3CN(C)C4)c2c1. The van der Waals surface area contributed by atoms with E-state index in [1.54, 1.807) is 0 Å². The molecule has 0 unspecified atom stereocenters. The Labute approximate surface area is 146 Å². The van der Waals surface area contributed by atoms with Gasteiger partial charge in [-0.05, 0) is 26.1 Å². The van der Waals surface area contributed by atoms with Crippen molar-refractivity contribution in [2.24, 2.45) is 5.92 Å². The molecule has 2 aliphatic heterocycles. The van der Waals surface area contributed by atoms with Gasteiger partial charge in [-0.2, -0.15) is 0 Å². The molecule has 2 bridgehead atoms. The second-order valence-corrected chi connectivity index (χ2v) is 7.33. The molecule has 1 N–H and O–H groups in total. The number of pyridine rings is 1. The molecule has 3 heterocycles. The third kappa shape index (κ3) is 3.07. The molecule has 2 aromatic rings. The largest absolute Gasteiger partial charge is 0.379 e. The summed E-state index contributed by atoms with van der Waals surface area (Å²) in [5.41, 5.74) is 2.00. The van der Waals surface area contributed by atoms with E-state index in [2.05, 4.69) is 16.9 Å². The zero-order valence-corrected chi connectivity index (χ0v) is 14.6. The monoisotopic (exact) mass is 341 g/mol. The zero-order chi connectivity index (χ0) is 17.6. The number of aromatic nitrogens is 1. The zero-order valence-electron chi connectivity index (χ0n) is 14.6. The Balaban J connectivity index is 1.79. The van der Waals surface area contributed by atoms with E-state index in [-0.39, 0.29) is 17.5 Å². The van der Waals surface area contributed by atoms with Gasteiger partial charge < -0.3 is 19.5 Å². The molecule has 0 radical (unpaired) electrons. The molecule has 1 amide bonds. The van der Waals surface area contributed by atoms with Crippen molar-refractivity contribution in [1.29, 1.82) is 0 Å². The molecule has 0 saturated carbocycles. The standard InChI is InChI=1S/C19H23N3O3/c1-12-3-4-17-15(5-12)16(6-18(23)20-17)19(24)22-8-13-7-21(2)9-14(22)11-25-10-13/h3-6,13-14H,7-11H2,1-2H3,(H,20,23)/t13-,14-/m0/s1. The van der Waals surface area contributed by atoms with Crippen LogP contribution in [0.3, 0.4) is 0 Å². The first kappa shape index (κ1) is 16.3. The molecule has 0 aliphatic carbocycles. The highest BCUT2D eigenvalue weighted by molar-refractivity contribution is 6.06. The molecule has 1 aromatic carbocycles. The molecule has 0 spiro atoms. The van der Waals surface area contributed by atoms with Crippen molar-refractivity contribution in [2.45, 2.75) is 13.0 Å². The van der Waals surface area contributed by atoms with E-state index >= 15 is 0 Å². The number of hydrogen-bond donors (Lipinski definition) is 1. The minimum absolute atomic E-state index is 0.0177. The molecular formula is C19H23N3O3. The van der Waals surface area contributed by atoms with Crippen LogP contribution >= 0.6 is 0 Å². The number of rotatable bonds is 1. The number of aromatic amines is 1. The smallest absolute Gasteiger partial charge is 0.255 e. The number of likely N-dealkylation sites (N-methyl/N-ethyl adjacent to an activating group) is 1. The number of amides is 1. The van der Waals surface area contributed by atoms with E-state index in [4.69, 9.17) is 4.74 Å². The highest BCUT2D eigenvalue weighted by atomic mass is 16.5. The Morgan fingerprint density at radius 3 is 2.88 bits per heavy atom. The van der Waals surface area contributed by atoms with E-state index in [1.165, 1.54) is 6.07 Å². The van der Waals surface area contributed by atoms with Crippen molar-refractivity contribution in [3.8, 4) is 0 Å². The van der Waals surface area contributed by atoms with Crippen LogP contribution in [0.15, 0.2) is 29.1 Å². The van der Waals surface area contributed by atoms with Gasteiger partial charge in [0.15, 0.2) is 0 Å². The normalized spacial score (nSPS) is 24.3. The number of nitrogens with one attached hydrogen (secondary N) is 1. The Morgan fingerprint density at radius 1 is 1.20 bits per heavy atom. The van der Waals surface area contributed by atoms with Gasteiger partial charge in [0.2, 0.25) is 5.56 Å². The Morgan fingerprint density at radius 2 is 2.04 bits per heavy atom. The lowest BCUT2D eigenvalue weighted by atomic mass is 10.0. The quantitative estimate of drug-likeness (QED) is 0.848. The maximum atomic E-state index is 13.4. The molecule has 2 saturated heterocycles. The lowest BCUT2D eigenvalue weighted by Crippen LogP contribution is -2.46. The average molecular weight is 341 g/mol. The molecule has 2 atom stereocenters. The molecule has 1 aromatic heterocycles. The first-order valence-electron chi connectivity index (χ1n) is 8.72. The van der Waals surface area contributed by atoms with Gasteiger partial charge >= 0.3 is 0 Å². The maximum Gasteiger partial charge on any atom is 0.255 e. The van der Waals surface area contributed by atoms with Crippen molar-refractivity contribution in [1.82, 2.24) is 14.8 Å². The van der Waals surface area contributed by atoms with Crippen LogP contribution in [0.1, 0.15) is 15.9 Å². The van der Waals surface area contributed by atoms with E-state index in [9.17, 15) is 9.59 Å². The number of carbonyl (C=O) groups excluding carboxylic acids is 1. The lowest BCUT2D eigenvalue weighted by molar-refractivity contribution is 0.0484. The molecule has 6 heteroatoms. The number of hydrogen-bond acceptors (Lipinski definition) is 4. The van der Waals surface area contributed by atoms with Gasteiger partial charge in [0, 0.05) is 42.5 Å². The summed E-state index contributed by atoms with van der Waals surface area (Å²) in [6.07, 6.45) is 0. The van der Waals surface area contributed by atoms with E-state index in [1.807, 2.05) is 30.0 Å². The summed E-state index contributed by atoms with van der Waals surface area (Å²) in [5.74, 6) is 0.231. The van der Waals surface area contributed by atoms with Crippen LogP contribution in [0.4, 0.5) is 0 Å². The summed E-state index contributed by atoms with van der Waals surface area (Å²) in [6.45, 7) is 5.61. The van der Waals surface area contributed by atoms with Gasteiger partial charge in [-0.3, -0.25) is 9.59 Å². The summed E-state index contributed by atoms with van der Waals surface area (Å²) in [4.78, 5) is 32.4. The summed E-state index contributed by atoms with van der Waals surface area (Å²) in [6, 6.07) is 7.22. The van der Waals surface area contributed by atoms with Crippen molar-refractivity contribution < 1.29 is 9.53 Å². The van der Waals surface area contributed by atoms with Crippen LogP contribution in [0, 0.1) is 12.8 Å². The summed E-state index contributed by atoms with van der Waals surface area (Å²) in [5, 5.41) is 0.803. The molecule has 2 fully saturated rings. The van der Waals surface area contributed by atoms with Crippen LogP contribution < -0.4 is 5.56 Å². The first-order valence-corrected chi connectivity index (χ1v) is 8.72. The molecular weight excluding hydrogens is 318 g/mol. The van der Waals surface area contributed by atoms with Crippen LogP contribution in [0.2, 0.25) is 0 Å². The van der Waals surface area contributed by atoms with Gasteiger partial charge in [-0.1, -0.05) is 11.6 Å². The summed E-state index contributed by atoms with van der Waals surface area (Å²) >= 11 is 0. The molecule has 4 rings (SSSR count). The second-order valence-electron chi connectivity index (χ2n) is 7.33. The number of carbonyl (C=O) groups is 1. The van der Waals surface area contributed by atoms with E-state index in [0.29, 0.717) is 36.8 Å². The lowest BCUT2D eigenvalue weighted by Gasteiger charge is -2.30. The highest BCUT2D eigenvalue weighted by Crippen LogP contribution is 2.24. The van der Waals surface area contributed by atoms with Gasteiger partial charge in [0.05, 0.1) is 24.8 Å². The van der Waals surface area contributed by atoms with Crippen LogP contribution in [0.5, 0.6) is 0 Å². The molecule has 2 aliphatic rings. The first-order chi connectivity index (χ1) is 12.0. The Kier molecular flexibility index (Phi) is 4.09.